The van der Waals surface area contributed by atoms with Crippen LogP contribution in [0.3, 0.4) is 0 Å². The van der Waals surface area contributed by atoms with Gasteiger partial charge in [0.2, 0.25) is 15.9 Å². The van der Waals surface area contributed by atoms with Crippen LogP contribution in [0.4, 0.5) is 18.9 Å². The summed E-state index contributed by atoms with van der Waals surface area (Å²) in [7, 11) is -1.26. The Balaban J connectivity index is 2.24. The molecular weight excluding hydrogens is 385 g/mol. The summed E-state index contributed by atoms with van der Waals surface area (Å²) in [6.07, 6.45) is 2.25. The van der Waals surface area contributed by atoms with Crippen LogP contribution in [-0.2, 0) is 14.8 Å². The molecule has 0 spiro atoms. The van der Waals surface area contributed by atoms with Crippen molar-refractivity contribution in [2.45, 2.75) is 4.90 Å². The van der Waals surface area contributed by atoms with Crippen LogP contribution in [0.25, 0.3) is 6.08 Å². The van der Waals surface area contributed by atoms with E-state index in [1.165, 1.54) is 38.4 Å². The first-order valence-corrected chi connectivity index (χ1v) is 8.91. The molecule has 0 atom stereocenters. The number of halogens is 3. The predicted octanol–water partition coefficient (Wildman–Crippen LogP) is 2.67. The molecule has 2 aromatic rings. The third-order valence-corrected chi connectivity index (χ3v) is 4.88. The molecule has 0 aliphatic rings. The molecule has 144 valence electrons. The van der Waals surface area contributed by atoms with Gasteiger partial charge in [0.1, 0.15) is 16.5 Å². The van der Waals surface area contributed by atoms with Crippen molar-refractivity contribution in [1.82, 2.24) is 4.72 Å². The van der Waals surface area contributed by atoms with E-state index in [4.69, 9.17) is 4.74 Å². The molecule has 2 aromatic carbocycles. The fraction of sp³-hybridized carbons (Fsp3) is 0.118. The quantitative estimate of drug-likeness (QED) is 0.577. The summed E-state index contributed by atoms with van der Waals surface area (Å²) in [6.45, 7) is 0. The highest BCUT2D eigenvalue weighted by Gasteiger charge is 2.18. The van der Waals surface area contributed by atoms with E-state index in [2.05, 4.69) is 10.0 Å². The number of carbonyl (C=O) groups excluding carboxylic acids is 1. The molecule has 0 radical (unpaired) electrons. The molecule has 2 N–H and O–H groups in total. The molecule has 0 aromatic heterocycles. The van der Waals surface area contributed by atoms with E-state index in [9.17, 15) is 26.4 Å². The molecule has 0 saturated carbocycles. The van der Waals surface area contributed by atoms with Gasteiger partial charge in [-0.05, 0) is 30.8 Å². The van der Waals surface area contributed by atoms with Crippen LogP contribution in [0.2, 0.25) is 0 Å². The highest BCUT2D eigenvalue weighted by Crippen LogP contribution is 2.25. The minimum Gasteiger partial charge on any atom is -0.495 e. The molecule has 0 aliphatic heterocycles. The van der Waals surface area contributed by atoms with Gasteiger partial charge < -0.3 is 10.1 Å². The number of ether oxygens (including phenoxy) is 1. The fourth-order valence-electron chi connectivity index (χ4n) is 2.08. The number of benzene rings is 2. The van der Waals surface area contributed by atoms with E-state index < -0.39 is 39.1 Å². The average Bonchev–Trinajstić information content (AvgIpc) is 2.64. The third-order valence-electron chi connectivity index (χ3n) is 3.44. The smallest absolute Gasteiger partial charge is 0.248 e. The van der Waals surface area contributed by atoms with Crippen LogP contribution in [0.15, 0.2) is 41.3 Å². The van der Waals surface area contributed by atoms with Gasteiger partial charge in [-0.15, -0.1) is 0 Å². The summed E-state index contributed by atoms with van der Waals surface area (Å²) in [5.41, 5.74) is -0.192. The molecule has 2 rings (SSSR count). The van der Waals surface area contributed by atoms with E-state index in [1.54, 1.807) is 0 Å². The van der Waals surface area contributed by atoms with E-state index in [0.717, 1.165) is 6.08 Å². The number of hydrogen-bond donors (Lipinski definition) is 2. The Bertz CT molecular complexity index is 1010. The minimum atomic E-state index is -3.80. The maximum Gasteiger partial charge on any atom is 0.248 e. The molecule has 0 heterocycles. The topological polar surface area (TPSA) is 84.5 Å². The Morgan fingerprint density at radius 2 is 1.74 bits per heavy atom. The number of methoxy groups -OCH3 is 1. The van der Waals surface area contributed by atoms with Gasteiger partial charge >= 0.3 is 0 Å². The first-order chi connectivity index (χ1) is 12.7. The van der Waals surface area contributed by atoms with E-state index in [-0.39, 0.29) is 10.6 Å². The Morgan fingerprint density at radius 1 is 1.07 bits per heavy atom. The molecule has 0 aliphatic carbocycles. The van der Waals surface area contributed by atoms with Gasteiger partial charge in [0.15, 0.2) is 11.6 Å². The summed E-state index contributed by atoms with van der Waals surface area (Å²) in [4.78, 5) is 11.7. The third kappa shape index (κ3) is 4.86. The number of hydrogen-bond acceptors (Lipinski definition) is 4. The van der Waals surface area contributed by atoms with Crippen LogP contribution in [0.1, 0.15) is 5.56 Å². The molecule has 0 bridgehead atoms. The van der Waals surface area contributed by atoms with E-state index >= 15 is 0 Å². The van der Waals surface area contributed by atoms with Crippen LogP contribution in [0.5, 0.6) is 5.75 Å². The Hall–Kier alpha value is -2.85. The van der Waals surface area contributed by atoms with E-state index in [0.29, 0.717) is 17.7 Å². The zero-order chi connectivity index (χ0) is 20.2. The van der Waals surface area contributed by atoms with Crippen LogP contribution in [-0.4, -0.2) is 28.5 Å². The van der Waals surface area contributed by atoms with Crippen molar-refractivity contribution in [2.24, 2.45) is 0 Å². The first kappa shape index (κ1) is 20.5. The van der Waals surface area contributed by atoms with Crippen molar-refractivity contribution < 1.29 is 31.1 Å². The number of carbonyl (C=O) groups is 1. The normalized spacial score (nSPS) is 11.6. The summed E-state index contributed by atoms with van der Waals surface area (Å²) < 4.78 is 70.7. The lowest BCUT2D eigenvalue weighted by molar-refractivity contribution is -0.111. The largest absolute Gasteiger partial charge is 0.495 e. The molecule has 0 unspecified atom stereocenters. The summed E-state index contributed by atoms with van der Waals surface area (Å²) >= 11 is 0. The zero-order valence-electron chi connectivity index (χ0n) is 14.2. The second-order valence-corrected chi connectivity index (χ2v) is 7.04. The molecular formula is C17H15F3N2O4S. The fourth-order valence-corrected chi connectivity index (χ4v) is 3.01. The predicted molar refractivity (Wildman–Crippen MR) is 93.2 cm³/mol. The van der Waals surface area contributed by atoms with Crippen molar-refractivity contribution in [3.8, 4) is 5.75 Å². The molecule has 10 heteroatoms. The second kappa shape index (κ2) is 8.23. The van der Waals surface area contributed by atoms with Crippen molar-refractivity contribution in [3.63, 3.8) is 0 Å². The van der Waals surface area contributed by atoms with Crippen molar-refractivity contribution in [1.29, 1.82) is 0 Å². The summed E-state index contributed by atoms with van der Waals surface area (Å²) in [6, 6.07) is 4.99. The molecule has 0 saturated heterocycles. The lowest BCUT2D eigenvalue weighted by Gasteiger charge is -2.09. The second-order valence-electron chi connectivity index (χ2n) is 5.19. The maximum atomic E-state index is 13.5. The summed E-state index contributed by atoms with van der Waals surface area (Å²) in [5.74, 6) is -4.55. The van der Waals surface area contributed by atoms with Gasteiger partial charge in [0.25, 0.3) is 0 Å². The lowest BCUT2D eigenvalue weighted by atomic mass is 10.2. The zero-order valence-corrected chi connectivity index (χ0v) is 15.0. The van der Waals surface area contributed by atoms with Crippen LogP contribution in [0, 0.1) is 17.5 Å². The SMILES string of the molecule is CNS(=O)(=O)c1cc(C=CC(=O)Nc2cc(F)c(F)cc2F)ccc1OC. The minimum absolute atomic E-state index is 0.106. The highest BCUT2D eigenvalue weighted by molar-refractivity contribution is 7.89. The Morgan fingerprint density at radius 3 is 2.37 bits per heavy atom. The van der Waals surface area contributed by atoms with E-state index in [1.807, 2.05) is 0 Å². The van der Waals surface area contributed by atoms with Gasteiger partial charge in [-0.1, -0.05) is 6.07 Å². The standard InChI is InChI=1S/C17H15F3N2O4S/c1-21-27(24,25)16-7-10(3-5-15(16)26-2)4-6-17(23)22-14-9-12(19)11(18)8-13(14)20/h3-9,21H,1-2H3,(H,22,23). The number of anilines is 1. The van der Waals surface area contributed by atoms with Gasteiger partial charge in [-0.2, -0.15) is 0 Å². The highest BCUT2D eigenvalue weighted by atomic mass is 32.2. The van der Waals surface area contributed by atoms with Crippen molar-refractivity contribution in [2.75, 3.05) is 19.5 Å². The number of sulfonamides is 1. The van der Waals surface area contributed by atoms with Crippen LogP contribution < -0.4 is 14.8 Å². The average molecular weight is 400 g/mol. The molecule has 27 heavy (non-hydrogen) atoms. The van der Waals surface area contributed by atoms with Gasteiger partial charge in [0.05, 0.1) is 12.8 Å². The number of rotatable bonds is 6. The number of amides is 1. The summed E-state index contributed by atoms with van der Waals surface area (Å²) in [5, 5.41) is 2.06. The molecule has 1 amide bonds. The Labute approximate surface area is 153 Å². The van der Waals surface area contributed by atoms with Gasteiger partial charge in [0, 0.05) is 18.2 Å². The lowest BCUT2D eigenvalue weighted by Crippen LogP contribution is -2.19. The van der Waals surface area contributed by atoms with Gasteiger partial charge in [-0.3, -0.25) is 4.79 Å². The molecule has 0 fully saturated rings. The van der Waals surface area contributed by atoms with Crippen molar-refractivity contribution in [3.05, 3.63) is 59.4 Å². The maximum absolute atomic E-state index is 13.5. The monoisotopic (exact) mass is 400 g/mol. The van der Waals surface area contributed by atoms with Crippen molar-refractivity contribution >= 4 is 27.7 Å². The number of nitrogens with one attached hydrogen (secondary N) is 2. The van der Waals surface area contributed by atoms with Crippen LogP contribution >= 0.6 is 0 Å². The van der Waals surface area contributed by atoms with Gasteiger partial charge in [-0.25, -0.2) is 26.3 Å². The molecule has 6 nitrogen and oxygen atoms in total. The first-order valence-electron chi connectivity index (χ1n) is 7.43. The Kier molecular flexibility index (Phi) is 6.24.